The van der Waals surface area contributed by atoms with Gasteiger partial charge in [-0.05, 0) is 92.8 Å². The molecule has 0 unspecified atom stereocenters. The van der Waals surface area contributed by atoms with Crippen molar-refractivity contribution in [2.24, 2.45) is 0 Å². The van der Waals surface area contributed by atoms with Crippen molar-refractivity contribution in [3.63, 3.8) is 0 Å². The van der Waals surface area contributed by atoms with Crippen LogP contribution in [-0.2, 0) is 21.2 Å². The second-order valence-corrected chi connectivity index (χ2v) is 10.5. The summed E-state index contributed by atoms with van der Waals surface area (Å²) in [6, 6.07) is 19.1. The predicted octanol–water partition coefficient (Wildman–Crippen LogP) is 5.30. The molecule has 0 saturated heterocycles. The number of amides is 1. The van der Waals surface area contributed by atoms with Crippen molar-refractivity contribution in [1.82, 2.24) is 5.32 Å². The minimum atomic E-state index is -3.98. The SMILES string of the molecule is CCOc1ccccc1CCCNC(=O)CN(c1ccc(C)c(C)c1)S(=O)(=O)c1ccc(Cl)cc1. The Kier molecular flexibility index (Phi) is 9.18. The van der Waals surface area contributed by atoms with E-state index in [0.717, 1.165) is 33.2 Å². The van der Waals surface area contributed by atoms with Crippen LogP contribution in [0.4, 0.5) is 5.69 Å². The van der Waals surface area contributed by atoms with Gasteiger partial charge in [-0.25, -0.2) is 8.42 Å². The molecular weight excluding hydrogens is 484 g/mol. The van der Waals surface area contributed by atoms with Crippen LogP contribution in [0.15, 0.2) is 71.6 Å². The fraction of sp³-hybridized carbons (Fsp3) is 0.296. The van der Waals surface area contributed by atoms with Crippen LogP contribution in [0.2, 0.25) is 5.02 Å². The first-order valence-corrected chi connectivity index (χ1v) is 13.4. The maximum atomic E-state index is 13.5. The van der Waals surface area contributed by atoms with Gasteiger partial charge in [0.05, 0.1) is 17.2 Å². The Morgan fingerprint density at radius 1 is 1.00 bits per heavy atom. The third-order valence-corrected chi connectivity index (χ3v) is 7.72. The Bertz CT molecular complexity index is 1260. The van der Waals surface area contributed by atoms with Crippen LogP contribution < -0.4 is 14.4 Å². The van der Waals surface area contributed by atoms with Crippen molar-refractivity contribution in [3.8, 4) is 5.75 Å². The van der Waals surface area contributed by atoms with Gasteiger partial charge >= 0.3 is 0 Å². The molecule has 1 amide bonds. The summed E-state index contributed by atoms with van der Waals surface area (Å²) in [6.45, 7) is 6.48. The third kappa shape index (κ3) is 6.99. The number of carbonyl (C=O) groups is 1. The summed E-state index contributed by atoms with van der Waals surface area (Å²) in [5, 5.41) is 3.29. The van der Waals surface area contributed by atoms with Crippen molar-refractivity contribution in [3.05, 3.63) is 88.4 Å². The summed E-state index contributed by atoms with van der Waals surface area (Å²) in [7, 11) is -3.98. The van der Waals surface area contributed by atoms with Crippen LogP contribution >= 0.6 is 11.6 Å². The lowest BCUT2D eigenvalue weighted by molar-refractivity contribution is -0.119. The van der Waals surface area contributed by atoms with E-state index in [1.54, 1.807) is 12.1 Å². The lowest BCUT2D eigenvalue weighted by Gasteiger charge is -2.25. The number of benzene rings is 3. The number of para-hydroxylation sites is 1. The molecule has 8 heteroatoms. The number of rotatable bonds is 11. The zero-order valence-corrected chi connectivity index (χ0v) is 21.8. The Morgan fingerprint density at radius 3 is 2.40 bits per heavy atom. The molecule has 0 aliphatic carbocycles. The largest absolute Gasteiger partial charge is 0.494 e. The van der Waals surface area contributed by atoms with E-state index in [0.29, 0.717) is 30.3 Å². The van der Waals surface area contributed by atoms with Crippen molar-refractivity contribution in [2.75, 3.05) is 24.0 Å². The first-order valence-electron chi connectivity index (χ1n) is 11.6. The molecule has 0 saturated carbocycles. The van der Waals surface area contributed by atoms with E-state index in [4.69, 9.17) is 16.3 Å². The van der Waals surface area contributed by atoms with E-state index in [-0.39, 0.29) is 17.3 Å². The first-order chi connectivity index (χ1) is 16.7. The number of nitrogens with one attached hydrogen (secondary N) is 1. The topological polar surface area (TPSA) is 75.7 Å². The monoisotopic (exact) mass is 514 g/mol. The van der Waals surface area contributed by atoms with Gasteiger partial charge in [0.25, 0.3) is 10.0 Å². The Hall–Kier alpha value is -3.03. The van der Waals surface area contributed by atoms with Gasteiger partial charge in [-0.2, -0.15) is 0 Å². The molecule has 0 heterocycles. The summed E-state index contributed by atoms with van der Waals surface area (Å²) in [4.78, 5) is 12.9. The van der Waals surface area contributed by atoms with Gasteiger partial charge in [-0.15, -0.1) is 0 Å². The molecular formula is C27H31ClN2O4S. The lowest BCUT2D eigenvalue weighted by Crippen LogP contribution is -2.41. The average Bonchev–Trinajstić information content (AvgIpc) is 2.83. The molecule has 35 heavy (non-hydrogen) atoms. The van der Waals surface area contributed by atoms with Crippen molar-refractivity contribution >= 4 is 33.2 Å². The van der Waals surface area contributed by atoms with E-state index in [1.807, 2.05) is 51.1 Å². The highest BCUT2D eigenvalue weighted by Crippen LogP contribution is 2.26. The summed E-state index contributed by atoms with van der Waals surface area (Å²) < 4.78 is 33.8. The van der Waals surface area contributed by atoms with Crippen LogP contribution in [0.25, 0.3) is 0 Å². The smallest absolute Gasteiger partial charge is 0.264 e. The van der Waals surface area contributed by atoms with E-state index < -0.39 is 10.0 Å². The maximum absolute atomic E-state index is 13.5. The van der Waals surface area contributed by atoms with Crippen LogP contribution in [0.1, 0.15) is 30.0 Å². The number of hydrogen-bond acceptors (Lipinski definition) is 4. The molecule has 0 atom stereocenters. The van der Waals surface area contributed by atoms with Gasteiger partial charge in [0.1, 0.15) is 12.3 Å². The van der Waals surface area contributed by atoms with Gasteiger partial charge in [0.15, 0.2) is 0 Å². The van der Waals surface area contributed by atoms with Crippen LogP contribution in [0.3, 0.4) is 0 Å². The van der Waals surface area contributed by atoms with Crippen molar-refractivity contribution in [1.29, 1.82) is 0 Å². The fourth-order valence-corrected chi connectivity index (χ4v) is 5.17. The second kappa shape index (κ2) is 12.1. The quantitative estimate of drug-likeness (QED) is 0.352. The normalized spacial score (nSPS) is 11.2. The van der Waals surface area contributed by atoms with Gasteiger partial charge in [-0.3, -0.25) is 9.10 Å². The van der Waals surface area contributed by atoms with E-state index in [2.05, 4.69) is 5.32 Å². The van der Waals surface area contributed by atoms with E-state index in [1.165, 1.54) is 24.3 Å². The van der Waals surface area contributed by atoms with Crippen LogP contribution in [0, 0.1) is 13.8 Å². The molecule has 0 fully saturated rings. The molecule has 3 aromatic rings. The highest BCUT2D eigenvalue weighted by molar-refractivity contribution is 7.92. The van der Waals surface area contributed by atoms with Crippen LogP contribution in [0.5, 0.6) is 5.75 Å². The van der Waals surface area contributed by atoms with Crippen molar-refractivity contribution in [2.45, 2.75) is 38.5 Å². The number of ether oxygens (including phenoxy) is 1. The number of carbonyl (C=O) groups excluding carboxylic acids is 1. The predicted molar refractivity (Wildman–Crippen MR) is 141 cm³/mol. The van der Waals surface area contributed by atoms with Crippen LogP contribution in [-0.4, -0.2) is 34.0 Å². The first kappa shape index (κ1) is 26.6. The summed E-state index contributed by atoms with van der Waals surface area (Å²) in [5.41, 5.74) is 3.48. The minimum Gasteiger partial charge on any atom is -0.494 e. The zero-order valence-electron chi connectivity index (χ0n) is 20.3. The second-order valence-electron chi connectivity index (χ2n) is 8.23. The molecule has 0 bridgehead atoms. The highest BCUT2D eigenvalue weighted by atomic mass is 35.5. The molecule has 186 valence electrons. The average molecular weight is 515 g/mol. The zero-order chi connectivity index (χ0) is 25.4. The molecule has 6 nitrogen and oxygen atoms in total. The van der Waals surface area contributed by atoms with Crippen molar-refractivity contribution < 1.29 is 17.9 Å². The number of sulfonamides is 1. The molecule has 0 radical (unpaired) electrons. The lowest BCUT2D eigenvalue weighted by atomic mass is 10.1. The van der Waals surface area contributed by atoms with Gasteiger partial charge in [0, 0.05) is 11.6 Å². The molecule has 3 aromatic carbocycles. The Morgan fingerprint density at radius 2 is 1.71 bits per heavy atom. The number of nitrogens with zero attached hydrogens (tertiary/aromatic N) is 1. The Labute approximate surface area is 212 Å². The molecule has 0 aliphatic rings. The van der Waals surface area contributed by atoms with E-state index >= 15 is 0 Å². The fourth-order valence-electron chi connectivity index (χ4n) is 3.63. The van der Waals surface area contributed by atoms with E-state index in [9.17, 15) is 13.2 Å². The maximum Gasteiger partial charge on any atom is 0.264 e. The third-order valence-electron chi connectivity index (χ3n) is 5.68. The molecule has 0 aliphatic heterocycles. The number of anilines is 1. The number of aryl methyl sites for hydroxylation is 3. The number of halogens is 1. The molecule has 3 rings (SSSR count). The summed E-state index contributed by atoms with van der Waals surface area (Å²) in [6.07, 6.45) is 1.43. The standard InChI is InChI=1S/C27H31ClN2O4S/c1-4-34-26-10-6-5-8-22(26)9-7-17-29-27(31)19-30(24-14-11-20(2)21(3)18-24)35(32,33)25-15-12-23(28)13-16-25/h5-6,8,10-16,18H,4,7,9,17,19H2,1-3H3,(H,29,31). The van der Waals surface area contributed by atoms with Gasteiger partial charge < -0.3 is 10.1 Å². The number of hydrogen-bond donors (Lipinski definition) is 1. The highest BCUT2D eigenvalue weighted by Gasteiger charge is 2.27. The molecule has 0 aromatic heterocycles. The summed E-state index contributed by atoms with van der Waals surface area (Å²) >= 11 is 5.94. The molecule has 1 N–H and O–H groups in total. The molecule has 0 spiro atoms. The Balaban J connectivity index is 1.72. The van der Waals surface area contributed by atoms with Gasteiger partial charge in [-0.1, -0.05) is 35.9 Å². The minimum absolute atomic E-state index is 0.0699. The van der Waals surface area contributed by atoms with Gasteiger partial charge in [0.2, 0.25) is 5.91 Å². The summed E-state index contributed by atoms with van der Waals surface area (Å²) in [5.74, 6) is 0.468.